The Balaban J connectivity index is 1.20. The standard InChI is InChI=1S/C30H26F3N3O4S2/c31-30(32,33)22-8-11-25(35-12-14-39-15-13-35)24(17-22)34-27(37)19-40-23-9-6-20(7-10-23)16-26-28(38)36(29(41)42-26)18-21-4-2-1-3-5-21/h1-11,16-17H,12-15,18-19H2,(H,34,37)/b26-16+. The molecule has 2 aliphatic rings. The second-order valence-electron chi connectivity index (χ2n) is 9.49. The van der Waals surface area contributed by atoms with Gasteiger partial charge in [0.15, 0.2) is 6.61 Å². The Morgan fingerprint density at radius 2 is 1.76 bits per heavy atom. The van der Waals surface area contributed by atoms with E-state index in [1.165, 1.54) is 17.8 Å². The number of nitrogens with one attached hydrogen (secondary N) is 1. The number of thioether (sulfide) groups is 1. The first-order valence-electron chi connectivity index (χ1n) is 13.0. The Morgan fingerprint density at radius 3 is 2.45 bits per heavy atom. The fourth-order valence-corrected chi connectivity index (χ4v) is 5.70. The van der Waals surface area contributed by atoms with Gasteiger partial charge in [0.25, 0.3) is 11.8 Å². The molecule has 0 saturated carbocycles. The number of thiocarbonyl (C=S) groups is 1. The van der Waals surface area contributed by atoms with Crippen molar-refractivity contribution in [2.24, 2.45) is 0 Å². The third kappa shape index (κ3) is 7.30. The summed E-state index contributed by atoms with van der Waals surface area (Å²) >= 11 is 6.64. The van der Waals surface area contributed by atoms with Crippen molar-refractivity contribution >= 4 is 57.6 Å². The van der Waals surface area contributed by atoms with Crippen LogP contribution in [-0.2, 0) is 27.0 Å². The Kier molecular flexibility index (Phi) is 9.15. The first-order chi connectivity index (χ1) is 20.2. The molecular formula is C30H26F3N3O4S2. The van der Waals surface area contributed by atoms with E-state index in [4.69, 9.17) is 21.7 Å². The summed E-state index contributed by atoms with van der Waals surface area (Å²) in [5.74, 6) is -0.386. The van der Waals surface area contributed by atoms with Gasteiger partial charge < -0.3 is 19.7 Å². The summed E-state index contributed by atoms with van der Waals surface area (Å²) in [4.78, 5) is 29.5. The van der Waals surface area contributed by atoms with Gasteiger partial charge in [-0.2, -0.15) is 13.2 Å². The zero-order valence-corrected chi connectivity index (χ0v) is 23.9. The third-order valence-electron chi connectivity index (χ3n) is 6.55. The van der Waals surface area contributed by atoms with Crippen LogP contribution in [0.15, 0.2) is 77.7 Å². The van der Waals surface area contributed by atoms with E-state index in [1.54, 1.807) is 35.2 Å². The van der Waals surface area contributed by atoms with Crippen LogP contribution in [0.4, 0.5) is 24.5 Å². The van der Waals surface area contributed by atoms with Gasteiger partial charge in [0.2, 0.25) is 0 Å². The Hall–Kier alpha value is -3.87. The van der Waals surface area contributed by atoms with Crippen LogP contribution in [0.3, 0.4) is 0 Å². The summed E-state index contributed by atoms with van der Waals surface area (Å²) in [6.07, 6.45) is -2.81. The molecule has 0 atom stereocenters. The average Bonchev–Trinajstić information content (AvgIpc) is 3.24. The molecule has 2 heterocycles. The molecule has 12 heteroatoms. The van der Waals surface area contributed by atoms with E-state index in [2.05, 4.69) is 5.32 Å². The number of anilines is 2. The number of benzene rings is 3. The molecule has 7 nitrogen and oxygen atoms in total. The van der Waals surface area contributed by atoms with Crippen LogP contribution in [0.5, 0.6) is 5.75 Å². The zero-order chi connectivity index (χ0) is 29.7. The van der Waals surface area contributed by atoms with Gasteiger partial charge in [-0.05, 0) is 47.5 Å². The number of nitrogens with zero attached hydrogens (tertiary/aromatic N) is 2. The molecule has 3 aromatic rings. The van der Waals surface area contributed by atoms with Crippen molar-refractivity contribution in [3.8, 4) is 5.75 Å². The van der Waals surface area contributed by atoms with Gasteiger partial charge in [-0.25, -0.2) is 0 Å². The first kappa shape index (κ1) is 29.6. The molecule has 2 amide bonds. The summed E-state index contributed by atoms with van der Waals surface area (Å²) in [6.45, 7) is 1.86. The number of alkyl halides is 3. The second-order valence-corrected chi connectivity index (χ2v) is 11.2. The van der Waals surface area contributed by atoms with Crippen molar-refractivity contribution in [1.29, 1.82) is 0 Å². The van der Waals surface area contributed by atoms with Gasteiger partial charge in [-0.3, -0.25) is 14.5 Å². The predicted octanol–water partition coefficient (Wildman–Crippen LogP) is 5.96. The maximum atomic E-state index is 13.4. The summed E-state index contributed by atoms with van der Waals surface area (Å²) in [6, 6.07) is 19.6. The molecule has 0 aliphatic carbocycles. The zero-order valence-electron chi connectivity index (χ0n) is 22.2. The molecule has 2 fully saturated rings. The lowest BCUT2D eigenvalue weighted by atomic mass is 10.1. The molecule has 0 bridgehead atoms. The van der Waals surface area contributed by atoms with E-state index >= 15 is 0 Å². The number of carbonyl (C=O) groups excluding carboxylic acids is 2. The smallest absolute Gasteiger partial charge is 0.416 e. The summed E-state index contributed by atoms with van der Waals surface area (Å²) < 4.78 is 51.5. The van der Waals surface area contributed by atoms with Gasteiger partial charge in [-0.15, -0.1) is 0 Å². The molecule has 0 spiro atoms. The summed E-state index contributed by atoms with van der Waals surface area (Å²) in [5.41, 5.74) is 1.40. The Labute approximate surface area is 250 Å². The minimum Gasteiger partial charge on any atom is -0.484 e. The Bertz CT molecular complexity index is 1490. The van der Waals surface area contributed by atoms with Crippen LogP contribution in [0.25, 0.3) is 6.08 Å². The molecule has 0 aromatic heterocycles. The van der Waals surface area contributed by atoms with Crippen LogP contribution in [0.2, 0.25) is 0 Å². The lowest BCUT2D eigenvalue weighted by molar-refractivity contribution is -0.137. The number of ether oxygens (including phenoxy) is 2. The quantitative estimate of drug-likeness (QED) is 0.248. The molecule has 3 aromatic carbocycles. The molecule has 218 valence electrons. The third-order valence-corrected chi connectivity index (χ3v) is 7.93. The monoisotopic (exact) mass is 613 g/mol. The molecule has 2 saturated heterocycles. The number of halogens is 3. The van der Waals surface area contributed by atoms with Crippen molar-refractivity contribution in [3.63, 3.8) is 0 Å². The number of hydrogen-bond donors (Lipinski definition) is 1. The topological polar surface area (TPSA) is 71.1 Å². The van der Waals surface area contributed by atoms with E-state index < -0.39 is 24.3 Å². The van der Waals surface area contributed by atoms with Crippen molar-refractivity contribution < 1.29 is 32.2 Å². The van der Waals surface area contributed by atoms with E-state index in [0.717, 1.165) is 23.3 Å². The lowest BCUT2D eigenvalue weighted by Gasteiger charge is -2.31. The highest BCUT2D eigenvalue weighted by molar-refractivity contribution is 8.26. The highest BCUT2D eigenvalue weighted by Gasteiger charge is 2.33. The maximum Gasteiger partial charge on any atom is 0.416 e. The normalized spacial score (nSPS) is 16.7. The molecule has 0 radical (unpaired) electrons. The minimum atomic E-state index is -4.55. The largest absolute Gasteiger partial charge is 0.484 e. The highest BCUT2D eigenvalue weighted by atomic mass is 32.2. The van der Waals surface area contributed by atoms with Gasteiger partial charge in [0.1, 0.15) is 10.1 Å². The SMILES string of the molecule is O=C(COc1ccc(/C=C2/SC(=S)N(Cc3ccccc3)C2=O)cc1)Nc1cc(C(F)(F)F)ccc1N1CCOCC1. The average molecular weight is 614 g/mol. The van der Waals surface area contributed by atoms with Gasteiger partial charge in [0, 0.05) is 13.1 Å². The van der Waals surface area contributed by atoms with Crippen LogP contribution < -0.4 is 15.0 Å². The van der Waals surface area contributed by atoms with Crippen molar-refractivity contribution in [2.45, 2.75) is 12.7 Å². The maximum absolute atomic E-state index is 13.4. The van der Waals surface area contributed by atoms with Crippen molar-refractivity contribution in [2.75, 3.05) is 43.1 Å². The van der Waals surface area contributed by atoms with Crippen LogP contribution in [0.1, 0.15) is 16.7 Å². The molecule has 2 aliphatic heterocycles. The number of carbonyl (C=O) groups is 2. The first-order valence-corrected chi connectivity index (χ1v) is 14.3. The number of rotatable bonds is 8. The van der Waals surface area contributed by atoms with Crippen molar-refractivity contribution in [1.82, 2.24) is 4.90 Å². The van der Waals surface area contributed by atoms with E-state index in [9.17, 15) is 22.8 Å². The number of morpholine rings is 1. The molecule has 0 unspecified atom stereocenters. The fourth-order valence-electron chi connectivity index (χ4n) is 4.44. The van der Waals surface area contributed by atoms with Crippen LogP contribution in [0, 0.1) is 0 Å². The summed E-state index contributed by atoms with van der Waals surface area (Å²) in [7, 11) is 0. The molecule has 1 N–H and O–H groups in total. The van der Waals surface area contributed by atoms with Crippen molar-refractivity contribution in [3.05, 3.63) is 94.4 Å². The van der Waals surface area contributed by atoms with Gasteiger partial charge in [0.05, 0.1) is 41.6 Å². The Morgan fingerprint density at radius 1 is 1.05 bits per heavy atom. The highest BCUT2D eigenvalue weighted by Crippen LogP contribution is 2.36. The van der Waals surface area contributed by atoms with E-state index in [0.29, 0.717) is 53.5 Å². The predicted molar refractivity (Wildman–Crippen MR) is 160 cm³/mol. The lowest BCUT2D eigenvalue weighted by Crippen LogP contribution is -2.37. The second kappa shape index (κ2) is 13.0. The molecule has 5 rings (SSSR count). The van der Waals surface area contributed by atoms with E-state index in [-0.39, 0.29) is 11.6 Å². The fraction of sp³-hybridized carbons (Fsp3) is 0.233. The molecular weight excluding hydrogens is 587 g/mol. The number of amides is 2. The van der Waals surface area contributed by atoms with Crippen LogP contribution >= 0.6 is 24.0 Å². The van der Waals surface area contributed by atoms with Gasteiger partial charge >= 0.3 is 6.18 Å². The van der Waals surface area contributed by atoms with Crippen LogP contribution in [-0.4, -0.2) is 53.9 Å². The number of hydrogen-bond acceptors (Lipinski definition) is 7. The summed E-state index contributed by atoms with van der Waals surface area (Å²) in [5, 5.41) is 2.57. The molecule has 42 heavy (non-hydrogen) atoms. The van der Waals surface area contributed by atoms with E-state index in [1.807, 2.05) is 35.2 Å². The van der Waals surface area contributed by atoms with Gasteiger partial charge in [-0.1, -0.05) is 66.4 Å². The minimum absolute atomic E-state index is 0.0558.